The van der Waals surface area contributed by atoms with Gasteiger partial charge in [0.05, 0.1) is 21.7 Å². The normalized spacial score (nSPS) is 14.8. The smallest absolute Gasteiger partial charge is 0.330 e. The van der Waals surface area contributed by atoms with Crippen molar-refractivity contribution in [3.8, 4) is 0 Å². The minimum atomic E-state index is -0.169. The number of piperazine rings is 1. The van der Waals surface area contributed by atoms with E-state index in [1.165, 1.54) is 0 Å². The maximum Gasteiger partial charge on any atom is 0.330 e. The van der Waals surface area contributed by atoms with Gasteiger partial charge in [0, 0.05) is 62.2 Å². The number of halogens is 2. The summed E-state index contributed by atoms with van der Waals surface area (Å²) in [6.45, 7) is 4.06. The van der Waals surface area contributed by atoms with Crippen molar-refractivity contribution in [3.05, 3.63) is 73.8 Å². The Hall–Kier alpha value is -2.88. The number of hydrogen-bond acceptors (Lipinski definition) is 5. The molecule has 1 aromatic carbocycles. The maximum absolute atomic E-state index is 12.3. The van der Waals surface area contributed by atoms with E-state index in [1.54, 1.807) is 29.8 Å². The molecule has 1 fully saturated rings. The summed E-state index contributed by atoms with van der Waals surface area (Å²) in [5, 5.41) is 3.17. The molecule has 10 heteroatoms. The van der Waals surface area contributed by atoms with Crippen molar-refractivity contribution in [1.29, 1.82) is 0 Å². The van der Waals surface area contributed by atoms with E-state index in [4.69, 9.17) is 11.6 Å². The molecule has 0 spiro atoms. The van der Waals surface area contributed by atoms with E-state index in [1.807, 2.05) is 24.4 Å². The van der Waals surface area contributed by atoms with Gasteiger partial charge >= 0.3 is 5.69 Å². The number of fused-ring (bicyclic) bond motifs is 3. The number of nitrogens with one attached hydrogen (secondary N) is 2. The Morgan fingerprint density at radius 1 is 1.24 bits per heavy atom. The van der Waals surface area contributed by atoms with E-state index in [2.05, 4.69) is 41.0 Å². The summed E-state index contributed by atoms with van der Waals surface area (Å²) in [6.07, 6.45) is 3.62. The Kier molecular flexibility index (Phi) is 5.86. The lowest BCUT2D eigenvalue weighted by molar-refractivity contribution is 0.0963. The van der Waals surface area contributed by atoms with E-state index < -0.39 is 0 Å². The van der Waals surface area contributed by atoms with Gasteiger partial charge < -0.3 is 15.2 Å². The number of anilines is 1. The predicted molar refractivity (Wildman–Crippen MR) is 133 cm³/mol. The van der Waals surface area contributed by atoms with Gasteiger partial charge in [-0.15, -0.1) is 0 Å². The molecule has 0 atom stereocenters. The van der Waals surface area contributed by atoms with Crippen LogP contribution >= 0.6 is 27.5 Å². The first-order valence-corrected chi connectivity index (χ1v) is 11.8. The van der Waals surface area contributed by atoms with Gasteiger partial charge in [-0.05, 0) is 51.8 Å². The first-order valence-electron chi connectivity index (χ1n) is 10.6. The van der Waals surface area contributed by atoms with Crippen molar-refractivity contribution in [1.82, 2.24) is 24.6 Å². The summed E-state index contributed by atoms with van der Waals surface area (Å²) in [7, 11) is 1.60. The summed E-state index contributed by atoms with van der Waals surface area (Å²) in [6, 6.07) is 9.25. The molecule has 0 radical (unpaired) electrons. The number of amides is 1. The molecule has 5 rings (SSSR count). The highest BCUT2D eigenvalue weighted by Gasteiger charge is 2.22. The van der Waals surface area contributed by atoms with Crippen LogP contribution < -0.4 is 15.9 Å². The molecule has 0 aliphatic carbocycles. The van der Waals surface area contributed by atoms with Crippen molar-refractivity contribution < 1.29 is 4.79 Å². The minimum absolute atomic E-state index is 0.167. The highest BCUT2D eigenvalue weighted by atomic mass is 79.9. The SMILES string of the molecule is CNC(=O)c1cc(Cl)c(N2CCN(Cc3cnc4c(c3)[nH]c(=O)n3cccc43)CC2)c(Br)c1. The third kappa shape index (κ3) is 4.12. The van der Waals surface area contributed by atoms with Gasteiger partial charge in [0.1, 0.15) is 5.52 Å². The van der Waals surface area contributed by atoms with Crippen LogP contribution in [-0.2, 0) is 6.54 Å². The number of carbonyl (C=O) groups is 1. The van der Waals surface area contributed by atoms with E-state index in [-0.39, 0.29) is 11.6 Å². The van der Waals surface area contributed by atoms with E-state index in [0.717, 1.165) is 65.0 Å². The zero-order valence-corrected chi connectivity index (χ0v) is 20.3. The topological polar surface area (TPSA) is 85.7 Å². The largest absolute Gasteiger partial charge is 0.367 e. The molecule has 4 aromatic rings. The maximum atomic E-state index is 12.3. The number of hydrogen-bond donors (Lipinski definition) is 2. The van der Waals surface area contributed by atoms with Crippen molar-refractivity contribution in [2.75, 3.05) is 38.1 Å². The van der Waals surface area contributed by atoms with Crippen molar-refractivity contribution in [3.63, 3.8) is 0 Å². The lowest BCUT2D eigenvalue weighted by Gasteiger charge is -2.37. The monoisotopic (exact) mass is 528 g/mol. The molecule has 8 nitrogen and oxygen atoms in total. The zero-order valence-electron chi connectivity index (χ0n) is 17.9. The summed E-state index contributed by atoms with van der Waals surface area (Å²) < 4.78 is 2.38. The van der Waals surface area contributed by atoms with Crippen LogP contribution in [0.2, 0.25) is 5.02 Å². The third-order valence-corrected chi connectivity index (χ3v) is 6.89. The van der Waals surface area contributed by atoms with Crippen LogP contribution in [0.3, 0.4) is 0 Å². The van der Waals surface area contributed by atoms with E-state index in [0.29, 0.717) is 10.6 Å². The van der Waals surface area contributed by atoms with Gasteiger partial charge in [-0.25, -0.2) is 4.79 Å². The van der Waals surface area contributed by atoms with Crippen LogP contribution in [0.4, 0.5) is 5.69 Å². The van der Waals surface area contributed by atoms with Crippen LogP contribution in [-0.4, -0.2) is 58.4 Å². The van der Waals surface area contributed by atoms with Crippen molar-refractivity contribution in [2.24, 2.45) is 0 Å². The minimum Gasteiger partial charge on any atom is -0.367 e. The number of aromatic nitrogens is 3. The number of H-pyrrole nitrogens is 1. The second-order valence-electron chi connectivity index (χ2n) is 8.06. The van der Waals surface area contributed by atoms with E-state index >= 15 is 0 Å². The van der Waals surface area contributed by atoms with Crippen LogP contribution in [0.5, 0.6) is 0 Å². The molecule has 1 saturated heterocycles. The molecule has 4 heterocycles. The zero-order chi connectivity index (χ0) is 23.1. The molecule has 2 N–H and O–H groups in total. The number of benzene rings is 1. The summed E-state index contributed by atoms with van der Waals surface area (Å²) in [5.41, 5.74) is 4.65. The molecule has 1 aliphatic heterocycles. The molecule has 170 valence electrons. The first-order chi connectivity index (χ1) is 15.9. The molecule has 1 aliphatic rings. The average Bonchev–Trinajstić information content (AvgIpc) is 3.30. The Morgan fingerprint density at radius 3 is 2.76 bits per heavy atom. The van der Waals surface area contributed by atoms with Crippen LogP contribution in [0.15, 0.2) is 52.0 Å². The molecular weight excluding hydrogens is 508 g/mol. The molecule has 0 saturated carbocycles. The Morgan fingerprint density at radius 2 is 2.03 bits per heavy atom. The highest BCUT2D eigenvalue weighted by molar-refractivity contribution is 9.10. The standard InChI is InChI=1S/C23H22BrClN6O2/c1-26-22(32)15-10-16(24)21(17(25)11-15)30-7-5-29(6-8-30)13-14-9-18-20(27-12-14)19-3-2-4-31(19)23(33)28-18/h2-4,9-12H,5-8,13H2,1H3,(H,26,32)(H,28,33). The fourth-order valence-electron chi connectivity index (χ4n) is 4.35. The second kappa shape index (κ2) is 8.81. The number of nitrogens with zero attached hydrogens (tertiary/aromatic N) is 4. The Balaban J connectivity index is 1.30. The molecular formula is C23H22BrClN6O2. The molecule has 0 bridgehead atoms. The van der Waals surface area contributed by atoms with Crippen molar-refractivity contribution in [2.45, 2.75) is 6.54 Å². The summed E-state index contributed by atoms with van der Waals surface area (Å²) in [5.74, 6) is -0.169. The lowest BCUT2D eigenvalue weighted by atomic mass is 10.1. The fraction of sp³-hybridized carbons (Fsp3) is 0.261. The number of carbonyl (C=O) groups excluding carboxylic acids is 1. The Bertz CT molecular complexity index is 1400. The number of rotatable bonds is 4. The van der Waals surface area contributed by atoms with Gasteiger partial charge in [0.25, 0.3) is 5.91 Å². The van der Waals surface area contributed by atoms with Gasteiger partial charge in [-0.1, -0.05) is 11.6 Å². The first kappa shape index (κ1) is 21.9. The van der Waals surface area contributed by atoms with Crippen LogP contribution in [0, 0.1) is 0 Å². The number of aromatic amines is 1. The highest BCUT2D eigenvalue weighted by Crippen LogP contribution is 2.36. The summed E-state index contributed by atoms with van der Waals surface area (Å²) >= 11 is 10.1. The lowest BCUT2D eigenvalue weighted by Crippen LogP contribution is -2.46. The number of pyridine rings is 1. The summed E-state index contributed by atoms with van der Waals surface area (Å²) in [4.78, 5) is 36.3. The second-order valence-corrected chi connectivity index (χ2v) is 9.33. The molecule has 33 heavy (non-hydrogen) atoms. The van der Waals surface area contributed by atoms with Gasteiger partial charge in [-0.3, -0.25) is 19.1 Å². The predicted octanol–water partition coefficient (Wildman–Crippen LogP) is 3.27. The molecule has 0 unspecified atom stereocenters. The molecule has 1 amide bonds. The van der Waals surface area contributed by atoms with Gasteiger partial charge in [-0.2, -0.15) is 0 Å². The average molecular weight is 530 g/mol. The Labute approximate surface area is 203 Å². The quantitative estimate of drug-likeness (QED) is 0.424. The van der Waals surface area contributed by atoms with Gasteiger partial charge in [0.15, 0.2) is 0 Å². The fourth-order valence-corrected chi connectivity index (χ4v) is 5.52. The third-order valence-electron chi connectivity index (χ3n) is 6.00. The van der Waals surface area contributed by atoms with Crippen LogP contribution in [0.1, 0.15) is 15.9 Å². The van der Waals surface area contributed by atoms with Crippen LogP contribution in [0.25, 0.3) is 16.6 Å². The molecule has 3 aromatic heterocycles. The van der Waals surface area contributed by atoms with E-state index in [9.17, 15) is 9.59 Å². The van der Waals surface area contributed by atoms with Crippen molar-refractivity contribution >= 4 is 55.7 Å². The van der Waals surface area contributed by atoms with Gasteiger partial charge in [0.2, 0.25) is 0 Å².